The topological polar surface area (TPSA) is 67.9 Å². The summed E-state index contributed by atoms with van der Waals surface area (Å²) in [6, 6.07) is 7.78. The molecule has 1 fully saturated rings. The van der Waals surface area contributed by atoms with Crippen molar-refractivity contribution in [1.29, 1.82) is 0 Å². The van der Waals surface area contributed by atoms with Crippen LogP contribution in [-0.2, 0) is 6.54 Å². The Morgan fingerprint density at radius 3 is 2.48 bits per heavy atom. The molecule has 2 aromatic heterocycles. The van der Waals surface area contributed by atoms with Crippen LogP contribution in [0.4, 0.5) is 5.95 Å². The van der Waals surface area contributed by atoms with Crippen LogP contribution in [-0.4, -0.2) is 28.0 Å². The van der Waals surface area contributed by atoms with Gasteiger partial charge in [0.1, 0.15) is 0 Å². The molecule has 1 aliphatic heterocycles. The number of aromatic nitrogens is 3. The van der Waals surface area contributed by atoms with Gasteiger partial charge >= 0.3 is 0 Å². The van der Waals surface area contributed by atoms with Crippen molar-refractivity contribution in [2.75, 3.05) is 18.0 Å². The number of nitrogens with two attached hydrogens (primary N) is 1. The number of rotatable bonds is 3. The Balaban J connectivity index is 1.96. The van der Waals surface area contributed by atoms with Gasteiger partial charge in [-0.3, -0.25) is 4.98 Å². The van der Waals surface area contributed by atoms with Crippen LogP contribution in [0.25, 0.3) is 11.4 Å². The molecule has 0 aromatic carbocycles. The molecule has 2 aromatic rings. The monoisotopic (exact) mass is 283 g/mol. The van der Waals surface area contributed by atoms with Crippen LogP contribution in [0.5, 0.6) is 0 Å². The molecule has 1 saturated heterocycles. The van der Waals surface area contributed by atoms with Crippen molar-refractivity contribution in [3.05, 3.63) is 36.2 Å². The van der Waals surface area contributed by atoms with Crippen molar-refractivity contribution in [2.24, 2.45) is 5.73 Å². The molecule has 0 amide bonds. The molecule has 0 radical (unpaired) electrons. The van der Waals surface area contributed by atoms with Gasteiger partial charge in [0.15, 0.2) is 0 Å². The summed E-state index contributed by atoms with van der Waals surface area (Å²) >= 11 is 0. The first-order valence-corrected chi connectivity index (χ1v) is 7.61. The van der Waals surface area contributed by atoms with E-state index in [1.807, 2.05) is 24.3 Å². The van der Waals surface area contributed by atoms with E-state index in [1.54, 1.807) is 6.20 Å². The Morgan fingerprint density at radius 2 is 1.81 bits per heavy atom. The minimum absolute atomic E-state index is 0.420. The molecule has 0 bridgehead atoms. The maximum absolute atomic E-state index is 5.80. The standard InChI is InChI=1S/C16H21N5/c17-12-13-11-15(14-7-3-4-8-18-14)20-16(19-13)21-9-5-1-2-6-10-21/h3-4,7-8,11H,1-2,5-6,9-10,12,17H2. The van der Waals surface area contributed by atoms with E-state index >= 15 is 0 Å². The van der Waals surface area contributed by atoms with Crippen LogP contribution in [0.15, 0.2) is 30.5 Å². The molecule has 3 rings (SSSR count). The van der Waals surface area contributed by atoms with Crippen molar-refractivity contribution in [1.82, 2.24) is 15.0 Å². The van der Waals surface area contributed by atoms with Crippen molar-refractivity contribution in [3.63, 3.8) is 0 Å². The lowest BCUT2D eigenvalue weighted by atomic mass is 10.2. The molecule has 3 heterocycles. The van der Waals surface area contributed by atoms with Crippen molar-refractivity contribution >= 4 is 5.95 Å². The lowest BCUT2D eigenvalue weighted by Crippen LogP contribution is -2.26. The number of hydrogen-bond donors (Lipinski definition) is 1. The first-order chi connectivity index (χ1) is 10.4. The lowest BCUT2D eigenvalue weighted by molar-refractivity contribution is 0.726. The molecule has 5 heteroatoms. The van der Waals surface area contributed by atoms with Crippen LogP contribution < -0.4 is 10.6 Å². The molecule has 21 heavy (non-hydrogen) atoms. The van der Waals surface area contributed by atoms with Crippen LogP contribution in [0.2, 0.25) is 0 Å². The molecule has 5 nitrogen and oxygen atoms in total. The number of anilines is 1. The molecule has 0 unspecified atom stereocenters. The number of hydrogen-bond acceptors (Lipinski definition) is 5. The van der Waals surface area contributed by atoms with Crippen LogP contribution >= 0.6 is 0 Å². The van der Waals surface area contributed by atoms with Gasteiger partial charge in [0.25, 0.3) is 0 Å². The highest BCUT2D eigenvalue weighted by Gasteiger charge is 2.15. The average molecular weight is 283 g/mol. The van der Waals surface area contributed by atoms with E-state index in [4.69, 9.17) is 10.7 Å². The van der Waals surface area contributed by atoms with E-state index in [-0.39, 0.29) is 0 Å². The summed E-state index contributed by atoms with van der Waals surface area (Å²) in [6.45, 7) is 2.47. The summed E-state index contributed by atoms with van der Waals surface area (Å²) in [5, 5.41) is 0. The highest BCUT2D eigenvalue weighted by atomic mass is 15.3. The van der Waals surface area contributed by atoms with Crippen LogP contribution in [0, 0.1) is 0 Å². The predicted octanol–water partition coefficient (Wildman–Crippen LogP) is 2.38. The minimum atomic E-state index is 0.420. The quantitative estimate of drug-likeness (QED) is 0.936. The summed E-state index contributed by atoms with van der Waals surface area (Å²) in [6.07, 6.45) is 6.77. The lowest BCUT2D eigenvalue weighted by Gasteiger charge is -2.21. The van der Waals surface area contributed by atoms with Gasteiger partial charge in [-0.15, -0.1) is 0 Å². The maximum atomic E-state index is 5.80. The fourth-order valence-electron chi connectivity index (χ4n) is 2.65. The van der Waals surface area contributed by atoms with E-state index in [0.29, 0.717) is 6.54 Å². The molecule has 0 saturated carbocycles. The van der Waals surface area contributed by atoms with Crippen molar-refractivity contribution < 1.29 is 0 Å². The maximum Gasteiger partial charge on any atom is 0.226 e. The zero-order chi connectivity index (χ0) is 14.5. The highest BCUT2D eigenvalue weighted by molar-refractivity contribution is 5.56. The van der Waals surface area contributed by atoms with Gasteiger partial charge in [-0.1, -0.05) is 18.9 Å². The van der Waals surface area contributed by atoms with Crippen molar-refractivity contribution in [3.8, 4) is 11.4 Å². The molecular weight excluding hydrogens is 262 g/mol. The molecule has 0 spiro atoms. The first kappa shape index (κ1) is 13.9. The van der Waals surface area contributed by atoms with Gasteiger partial charge in [0, 0.05) is 25.8 Å². The van der Waals surface area contributed by atoms with Crippen LogP contribution in [0.3, 0.4) is 0 Å². The number of pyridine rings is 1. The van der Waals surface area contributed by atoms with Gasteiger partial charge < -0.3 is 10.6 Å². The Hall–Kier alpha value is -2.01. The SMILES string of the molecule is NCc1cc(-c2ccccn2)nc(N2CCCCCC2)n1. The summed E-state index contributed by atoms with van der Waals surface area (Å²) in [4.78, 5) is 16.0. The summed E-state index contributed by atoms with van der Waals surface area (Å²) in [7, 11) is 0. The molecule has 110 valence electrons. The Bertz CT molecular complexity index is 576. The van der Waals surface area contributed by atoms with Gasteiger partial charge in [-0.05, 0) is 31.0 Å². The van der Waals surface area contributed by atoms with E-state index in [0.717, 1.165) is 36.1 Å². The Morgan fingerprint density at radius 1 is 1.00 bits per heavy atom. The third kappa shape index (κ3) is 3.36. The van der Waals surface area contributed by atoms with Gasteiger partial charge in [0.2, 0.25) is 5.95 Å². The zero-order valence-corrected chi connectivity index (χ0v) is 12.2. The third-order valence-corrected chi connectivity index (χ3v) is 3.79. The van der Waals surface area contributed by atoms with Crippen molar-refractivity contribution in [2.45, 2.75) is 32.2 Å². The summed E-state index contributed by atoms with van der Waals surface area (Å²) in [5.74, 6) is 0.792. The summed E-state index contributed by atoms with van der Waals surface area (Å²) in [5.41, 5.74) is 8.38. The van der Waals surface area contributed by atoms with E-state index in [1.165, 1.54) is 25.7 Å². The fourth-order valence-corrected chi connectivity index (χ4v) is 2.65. The third-order valence-electron chi connectivity index (χ3n) is 3.79. The van der Waals surface area contributed by atoms with E-state index in [9.17, 15) is 0 Å². The molecule has 1 aliphatic rings. The molecule has 2 N–H and O–H groups in total. The largest absolute Gasteiger partial charge is 0.341 e. The molecular formula is C16H21N5. The number of nitrogens with zero attached hydrogens (tertiary/aromatic N) is 4. The molecule has 0 atom stereocenters. The van der Waals surface area contributed by atoms with E-state index < -0.39 is 0 Å². The second-order valence-electron chi connectivity index (χ2n) is 5.36. The fraction of sp³-hybridized carbons (Fsp3) is 0.438. The Labute approximate surface area is 125 Å². The zero-order valence-electron chi connectivity index (χ0n) is 12.2. The molecule has 0 aliphatic carbocycles. The van der Waals surface area contributed by atoms with Gasteiger partial charge in [0.05, 0.1) is 17.1 Å². The first-order valence-electron chi connectivity index (χ1n) is 7.61. The van der Waals surface area contributed by atoms with E-state index in [2.05, 4.69) is 14.9 Å². The highest BCUT2D eigenvalue weighted by Crippen LogP contribution is 2.21. The second-order valence-corrected chi connectivity index (χ2v) is 5.36. The predicted molar refractivity (Wildman–Crippen MR) is 83.8 cm³/mol. The minimum Gasteiger partial charge on any atom is -0.341 e. The summed E-state index contributed by atoms with van der Waals surface area (Å²) < 4.78 is 0. The average Bonchev–Trinajstić information content (AvgIpc) is 2.84. The second kappa shape index (κ2) is 6.63. The Kier molecular flexibility index (Phi) is 4.40. The van der Waals surface area contributed by atoms with Gasteiger partial charge in [-0.2, -0.15) is 0 Å². The normalized spacial score (nSPS) is 15.8. The smallest absolute Gasteiger partial charge is 0.226 e. The van der Waals surface area contributed by atoms with Crippen LogP contribution in [0.1, 0.15) is 31.4 Å². The van der Waals surface area contributed by atoms with Gasteiger partial charge in [-0.25, -0.2) is 9.97 Å².